The van der Waals surface area contributed by atoms with E-state index in [1.165, 1.54) is 22.3 Å². The minimum Gasteiger partial charge on any atom is -0.336 e. The lowest BCUT2D eigenvalue weighted by atomic mass is 10.1. The molecule has 25 heavy (non-hydrogen) atoms. The van der Waals surface area contributed by atoms with Crippen LogP contribution < -0.4 is 0 Å². The maximum atomic E-state index is 12.8. The molecule has 0 unspecified atom stereocenters. The molecule has 0 aliphatic heterocycles. The first-order valence-corrected chi connectivity index (χ1v) is 9.21. The van der Waals surface area contributed by atoms with Gasteiger partial charge in [-0.05, 0) is 18.4 Å². The topological polar surface area (TPSA) is 76.3 Å². The molecule has 8 heteroatoms. The van der Waals surface area contributed by atoms with Crippen molar-refractivity contribution in [3.63, 3.8) is 0 Å². The molecule has 0 saturated heterocycles. The van der Waals surface area contributed by atoms with Crippen molar-refractivity contribution in [1.29, 1.82) is 0 Å². The summed E-state index contributed by atoms with van der Waals surface area (Å²) in [5, 5.41) is 15.9. The molecule has 0 aliphatic carbocycles. The molecule has 0 spiro atoms. The highest BCUT2D eigenvalue weighted by Gasteiger charge is 2.22. The van der Waals surface area contributed by atoms with Crippen LogP contribution >= 0.6 is 22.7 Å². The van der Waals surface area contributed by atoms with Crippen molar-refractivity contribution in [3.8, 4) is 10.6 Å². The van der Waals surface area contributed by atoms with Gasteiger partial charge in [-0.2, -0.15) is 11.3 Å². The lowest BCUT2D eigenvalue weighted by Crippen LogP contribution is -2.26. The zero-order chi connectivity index (χ0) is 18.0. The maximum absolute atomic E-state index is 12.8. The van der Waals surface area contributed by atoms with E-state index < -0.39 is 4.92 Å². The number of nitrogens with zero attached hydrogens (tertiary/aromatic N) is 3. The Morgan fingerprint density at radius 1 is 1.32 bits per heavy atom. The van der Waals surface area contributed by atoms with E-state index in [-0.39, 0.29) is 18.1 Å². The summed E-state index contributed by atoms with van der Waals surface area (Å²) >= 11 is 2.92. The Balaban J connectivity index is 1.83. The van der Waals surface area contributed by atoms with Gasteiger partial charge in [0.1, 0.15) is 9.88 Å². The number of amides is 1. The van der Waals surface area contributed by atoms with Crippen LogP contribution in [0, 0.1) is 17.0 Å². The number of benzene rings is 1. The van der Waals surface area contributed by atoms with Crippen LogP contribution in [0.1, 0.15) is 20.9 Å². The fourth-order valence-corrected chi connectivity index (χ4v) is 4.20. The monoisotopic (exact) mass is 373 g/mol. The van der Waals surface area contributed by atoms with Gasteiger partial charge < -0.3 is 4.90 Å². The minimum absolute atomic E-state index is 0.0159. The Morgan fingerprint density at radius 2 is 2.08 bits per heavy atom. The molecule has 0 atom stereocenters. The summed E-state index contributed by atoms with van der Waals surface area (Å²) in [4.78, 5) is 30.0. The number of nitro benzene ring substituents is 1. The first kappa shape index (κ1) is 17.2. The lowest BCUT2D eigenvalue weighted by Gasteiger charge is -2.16. The average molecular weight is 373 g/mol. The van der Waals surface area contributed by atoms with Crippen LogP contribution in [0.5, 0.6) is 0 Å². The Bertz CT molecular complexity index is 919. The summed E-state index contributed by atoms with van der Waals surface area (Å²) < 4.78 is 0. The van der Waals surface area contributed by atoms with Crippen molar-refractivity contribution in [2.24, 2.45) is 0 Å². The third-order valence-corrected chi connectivity index (χ3v) is 5.58. The van der Waals surface area contributed by atoms with Gasteiger partial charge in [-0.1, -0.05) is 18.2 Å². The molecular formula is C17H15N3O3S2. The number of aromatic nitrogens is 1. The van der Waals surface area contributed by atoms with Gasteiger partial charge in [0.25, 0.3) is 11.6 Å². The van der Waals surface area contributed by atoms with Gasteiger partial charge in [0, 0.05) is 29.6 Å². The number of nitro groups is 1. The van der Waals surface area contributed by atoms with Crippen LogP contribution in [-0.4, -0.2) is 27.8 Å². The summed E-state index contributed by atoms with van der Waals surface area (Å²) in [5.74, 6) is -0.186. The normalized spacial score (nSPS) is 10.6. The van der Waals surface area contributed by atoms with E-state index in [1.807, 2.05) is 16.8 Å². The smallest absolute Gasteiger partial charge is 0.274 e. The minimum atomic E-state index is -0.430. The van der Waals surface area contributed by atoms with Crippen LogP contribution in [0.25, 0.3) is 10.6 Å². The van der Waals surface area contributed by atoms with Gasteiger partial charge in [0.05, 0.1) is 17.2 Å². The standard InChI is InChI=1S/C17H15N3O3S2/c1-11-15(25-16(18-11)13-7-8-24-10-13)17(21)19(2)9-12-5-3-4-6-14(12)20(22)23/h3-8,10H,9H2,1-2H3. The molecule has 1 amide bonds. The molecule has 0 radical (unpaired) electrons. The summed E-state index contributed by atoms with van der Waals surface area (Å²) in [6.45, 7) is 1.97. The molecule has 128 valence electrons. The van der Waals surface area contributed by atoms with E-state index in [1.54, 1.807) is 43.5 Å². The summed E-state index contributed by atoms with van der Waals surface area (Å²) in [7, 11) is 1.64. The van der Waals surface area contributed by atoms with Crippen molar-refractivity contribution in [3.05, 3.63) is 67.3 Å². The number of aryl methyl sites for hydroxylation is 1. The zero-order valence-corrected chi connectivity index (χ0v) is 15.3. The fraction of sp³-hybridized carbons (Fsp3) is 0.176. The zero-order valence-electron chi connectivity index (χ0n) is 13.6. The van der Waals surface area contributed by atoms with Gasteiger partial charge in [0.2, 0.25) is 0 Å². The Kier molecular flexibility index (Phi) is 4.91. The molecule has 3 rings (SSSR count). The summed E-state index contributed by atoms with van der Waals surface area (Å²) in [6.07, 6.45) is 0. The second-order valence-electron chi connectivity index (χ2n) is 5.49. The summed E-state index contributed by atoms with van der Waals surface area (Å²) in [6, 6.07) is 8.42. The first-order valence-electron chi connectivity index (χ1n) is 7.45. The molecule has 3 aromatic rings. The van der Waals surface area contributed by atoms with E-state index in [9.17, 15) is 14.9 Å². The largest absolute Gasteiger partial charge is 0.336 e. The lowest BCUT2D eigenvalue weighted by molar-refractivity contribution is -0.385. The molecule has 1 aromatic carbocycles. The highest BCUT2D eigenvalue weighted by molar-refractivity contribution is 7.17. The number of carbonyl (C=O) groups is 1. The van der Waals surface area contributed by atoms with Crippen molar-refractivity contribution in [2.45, 2.75) is 13.5 Å². The second-order valence-corrected chi connectivity index (χ2v) is 7.27. The van der Waals surface area contributed by atoms with Gasteiger partial charge in [0.15, 0.2) is 0 Å². The third-order valence-electron chi connectivity index (χ3n) is 3.70. The van der Waals surface area contributed by atoms with Crippen molar-refractivity contribution >= 4 is 34.3 Å². The number of hydrogen-bond acceptors (Lipinski definition) is 6. The van der Waals surface area contributed by atoms with Gasteiger partial charge in [-0.15, -0.1) is 11.3 Å². The number of hydrogen-bond donors (Lipinski definition) is 0. The molecule has 0 bridgehead atoms. The number of thiazole rings is 1. The van der Waals surface area contributed by atoms with E-state index >= 15 is 0 Å². The van der Waals surface area contributed by atoms with Gasteiger partial charge in [-0.3, -0.25) is 14.9 Å². The Morgan fingerprint density at radius 3 is 2.76 bits per heavy atom. The van der Waals surface area contributed by atoms with Gasteiger partial charge in [-0.25, -0.2) is 4.98 Å². The van der Waals surface area contributed by atoms with Crippen molar-refractivity contribution in [1.82, 2.24) is 9.88 Å². The van der Waals surface area contributed by atoms with Crippen LogP contribution in [0.3, 0.4) is 0 Å². The van der Waals surface area contributed by atoms with E-state index in [0.717, 1.165) is 10.6 Å². The Labute approximate surface area is 152 Å². The van der Waals surface area contributed by atoms with Crippen molar-refractivity contribution < 1.29 is 9.72 Å². The van der Waals surface area contributed by atoms with Crippen LogP contribution in [0.2, 0.25) is 0 Å². The highest BCUT2D eigenvalue weighted by Crippen LogP contribution is 2.30. The SMILES string of the molecule is Cc1nc(-c2ccsc2)sc1C(=O)N(C)Cc1ccccc1[N+](=O)[O-]. The number of carbonyl (C=O) groups excluding carboxylic acids is 1. The van der Waals surface area contributed by atoms with Crippen LogP contribution in [0.15, 0.2) is 41.1 Å². The molecule has 0 aliphatic rings. The second kappa shape index (κ2) is 7.12. The molecule has 0 fully saturated rings. The molecule has 6 nitrogen and oxygen atoms in total. The van der Waals surface area contributed by atoms with Crippen molar-refractivity contribution in [2.75, 3.05) is 7.05 Å². The molecule has 2 aromatic heterocycles. The predicted octanol–water partition coefficient (Wildman–Crippen LogP) is 4.36. The maximum Gasteiger partial charge on any atom is 0.274 e. The fourth-order valence-electron chi connectivity index (χ4n) is 2.43. The molecule has 2 heterocycles. The van der Waals surface area contributed by atoms with Crippen LogP contribution in [-0.2, 0) is 6.54 Å². The number of thiophene rings is 1. The van der Waals surface area contributed by atoms with E-state index in [0.29, 0.717) is 16.1 Å². The Hall–Kier alpha value is -2.58. The average Bonchev–Trinajstić information content (AvgIpc) is 3.23. The van der Waals surface area contributed by atoms with Gasteiger partial charge >= 0.3 is 0 Å². The van der Waals surface area contributed by atoms with Crippen LogP contribution in [0.4, 0.5) is 5.69 Å². The summed E-state index contributed by atoms with van der Waals surface area (Å²) in [5.41, 5.74) is 2.19. The van der Waals surface area contributed by atoms with E-state index in [2.05, 4.69) is 4.98 Å². The highest BCUT2D eigenvalue weighted by atomic mass is 32.1. The first-order chi connectivity index (χ1) is 12.0. The molecule has 0 saturated carbocycles. The number of para-hydroxylation sites is 1. The van der Waals surface area contributed by atoms with E-state index in [4.69, 9.17) is 0 Å². The number of rotatable bonds is 5. The molecule has 0 N–H and O–H groups in total. The quantitative estimate of drug-likeness (QED) is 0.492. The third kappa shape index (κ3) is 3.59. The molecular weight excluding hydrogens is 358 g/mol. The predicted molar refractivity (Wildman–Crippen MR) is 99.1 cm³/mol.